The first kappa shape index (κ1) is 14.8. The molecule has 1 atom stereocenters. The molecule has 1 saturated heterocycles. The highest BCUT2D eigenvalue weighted by atomic mass is 16.5. The molecule has 0 bridgehead atoms. The molecule has 1 aliphatic rings. The topological polar surface area (TPSA) is 45.3 Å². The fourth-order valence-corrected chi connectivity index (χ4v) is 3.43. The van der Waals surface area contributed by atoms with Crippen molar-refractivity contribution in [1.82, 2.24) is 9.88 Å². The van der Waals surface area contributed by atoms with Crippen LogP contribution >= 0.6 is 0 Å². The highest BCUT2D eigenvalue weighted by Gasteiger charge is 2.28. The number of H-pyrrole nitrogens is 1. The Bertz CT molecular complexity index is 834. The highest BCUT2D eigenvalue weighted by Crippen LogP contribution is 2.30. The van der Waals surface area contributed by atoms with Crippen molar-refractivity contribution in [2.24, 2.45) is 0 Å². The van der Waals surface area contributed by atoms with Crippen LogP contribution in [-0.4, -0.2) is 36.0 Å². The van der Waals surface area contributed by atoms with Crippen LogP contribution in [-0.2, 0) is 0 Å². The van der Waals surface area contributed by atoms with E-state index in [1.165, 1.54) is 11.1 Å². The summed E-state index contributed by atoms with van der Waals surface area (Å²) in [5.74, 6) is 1.24. The lowest BCUT2D eigenvalue weighted by Crippen LogP contribution is -2.28. The van der Waals surface area contributed by atoms with Gasteiger partial charge < -0.3 is 14.6 Å². The van der Waals surface area contributed by atoms with E-state index in [1.54, 1.807) is 7.11 Å². The third-order valence-corrected chi connectivity index (χ3v) is 4.80. The first-order chi connectivity index (χ1) is 11.7. The number of likely N-dealkylation sites (tertiary alicyclic amines) is 1. The fraction of sp³-hybridized carbons (Fsp3) is 0.250. The summed E-state index contributed by atoms with van der Waals surface area (Å²) in [6.07, 6.45) is 0.995. The molecule has 4 heteroatoms. The SMILES string of the molecule is COc1ccc(C(=O)N2CCC(c3cc4ccccc4[nH]3)C2)cc1. The molecule has 1 fully saturated rings. The van der Waals surface area contributed by atoms with Crippen LogP contribution in [0.5, 0.6) is 5.75 Å². The average Bonchev–Trinajstić information content (AvgIpc) is 3.27. The highest BCUT2D eigenvalue weighted by molar-refractivity contribution is 5.94. The molecule has 1 N–H and O–H groups in total. The van der Waals surface area contributed by atoms with Crippen molar-refractivity contribution < 1.29 is 9.53 Å². The van der Waals surface area contributed by atoms with Crippen LogP contribution in [0.4, 0.5) is 0 Å². The Balaban J connectivity index is 1.49. The van der Waals surface area contributed by atoms with Crippen molar-refractivity contribution >= 4 is 16.8 Å². The van der Waals surface area contributed by atoms with Crippen molar-refractivity contribution in [3.63, 3.8) is 0 Å². The number of aromatic nitrogens is 1. The Morgan fingerprint density at radius 1 is 1.17 bits per heavy atom. The first-order valence-electron chi connectivity index (χ1n) is 8.25. The van der Waals surface area contributed by atoms with Gasteiger partial charge in [0.05, 0.1) is 7.11 Å². The molecule has 2 heterocycles. The van der Waals surface area contributed by atoms with Crippen LogP contribution in [0.1, 0.15) is 28.4 Å². The standard InChI is InChI=1S/C20H20N2O2/c1-24-17-8-6-14(7-9-17)20(23)22-11-10-16(13-22)19-12-15-4-2-3-5-18(15)21-19/h2-9,12,16,21H,10-11,13H2,1H3. The lowest BCUT2D eigenvalue weighted by Gasteiger charge is -2.16. The van der Waals surface area contributed by atoms with E-state index >= 15 is 0 Å². The maximum atomic E-state index is 12.7. The zero-order chi connectivity index (χ0) is 16.5. The van der Waals surface area contributed by atoms with Gasteiger partial charge in [-0.3, -0.25) is 4.79 Å². The lowest BCUT2D eigenvalue weighted by atomic mass is 10.1. The average molecular weight is 320 g/mol. The van der Waals surface area contributed by atoms with Crippen LogP contribution in [0.3, 0.4) is 0 Å². The second-order valence-electron chi connectivity index (χ2n) is 6.28. The van der Waals surface area contributed by atoms with Crippen molar-refractivity contribution in [3.05, 3.63) is 65.9 Å². The van der Waals surface area contributed by atoms with Gasteiger partial charge in [0.2, 0.25) is 0 Å². The molecule has 0 radical (unpaired) electrons. The van der Waals surface area contributed by atoms with Gasteiger partial charge in [-0.2, -0.15) is 0 Å². The minimum Gasteiger partial charge on any atom is -0.497 e. The number of carbonyl (C=O) groups is 1. The van der Waals surface area contributed by atoms with Crippen LogP contribution in [0.2, 0.25) is 0 Å². The number of hydrogen-bond acceptors (Lipinski definition) is 2. The molecular weight excluding hydrogens is 300 g/mol. The second-order valence-corrected chi connectivity index (χ2v) is 6.28. The summed E-state index contributed by atoms with van der Waals surface area (Å²) in [5, 5.41) is 1.23. The van der Waals surface area contributed by atoms with E-state index in [4.69, 9.17) is 4.74 Å². The molecule has 0 saturated carbocycles. The van der Waals surface area contributed by atoms with Crippen LogP contribution in [0, 0.1) is 0 Å². The lowest BCUT2D eigenvalue weighted by molar-refractivity contribution is 0.0790. The normalized spacial score (nSPS) is 17.4. The number of ether oxygens (including phenoxy) is 1. The van der Waals surface area contributed by atoms with Crippen molar-refractivity contribution in [2.45, 2.75) is 12.3 Å². The van der Waals surface area contributed by atoms with Gasteiger partial charge in [0.1, 0.15) is 5.75 Å². The van der Waals surface area contributed by atoms with Gasteiger partial charge in [-0.15, -0.1) is 0 Å². The minimum atomic E-state index is 0.0938. The summed E-state index contributed by atoms with van der Waals surface area (Å²) in [4.78, 5) is 18.1. The van der Waals surface area contributed by atoms with Gasteiger partial charge in [0, 0.05) is 35.8 Å². The van der Waals surface area contributed by atoms with Gasteiger partial charge >= 0.3 is 0 Å². The van der Waals surface area contributed by atoms with E-state index in [0.717, 1.165) is 30.8 Å². The Kier molecular flexibility index (Phi) is 3.73. The summed E-state index contributed by atoms with van der Waals surface area (Å²) in [7, 11) is 1.63. The number of fused-ring (bicyclic) bond motifs is 1. The summed E-state index contributed by atoms with van der Waals surface area (Å²) in [6.45, 7) is 1.56. The van der Waals surface area contributed by atoms with Gasteiger partial charge in [0.15, 0.2) is 0 Å². The second kappa shape index (κ2) is 6.04. The third-order valence-electron chi connectivity index (χ3n) is 4.80. The van der Waals surface area contributed by atoms with Crippen molar-refractivity contribution in [1.29, 1.82) is 0 Å². The van der Waals surface area contributed by atoms with Gasteiger partial charge in [-0.1, -0.05) is 18.2 Å². The molecule has 24 heavy (non-hydrogen) atoms. The molecule has 1 aliphatic heterocycles. The monoisotopic (exact) mass is 320 g/mol. The van der Waals surface area contributed by atoms with E-state index in [0.29, 0.717) is 11.5 Å². The number of benzene rings is 2. The molecule has 1 aromatic heterocycles. The summed E-state index contributed by atoms with van der Waals surface area (Å²) in [5.41, 5.74) is 3.10. The molecule has 1 amide bonds. The van der Waals surface area contributed by atoms with E-state index in [2.05, 4.69) is 23.2 Å². The first-order valence-corrected chi connectivity index (χ1v) is 8.25. The van der Waals surface area contributed by atoms with E-state index in [-0.39, 0.29) is 5.91 Å². The van der Waals surface area contributed by atoms with E-state index in [9.17, 15) is 4.79 Å². The van der Waals surface area contributed by atoms with E-state index < -0.39 is 0 Å². The van der Waals surface area contributed by atoms with Gasteiger partial charge in [-0.25, -0.2) is 0 Å². The molecule has 4 rings (SSSR count). The number of nitrogens with zero attached hydrogens (tertiary/aromatic N) is 1. The van der Waals surface area contributed by atoms with Crippen LogP contribution in [0.25, 0.3) is 10.9 Å². The quantitative estimate of drug-likeness (QED) is 0.797. The van der Waals surface area contributed by atoms with Crippen LogP contribution < -0.4 is 4.74 Å². The molecule has 122 valence electrons. The zero-order valence-corrected chi connectivity index (χ0v) is 13.7. The number of amides is 1. The summed E-state index contributed by atoms with van der Waals surface area (Å²) < 4.78 is 5.15. The number of rotatable bonds is 3. The van der Waals surface area contributed by atoms with E-state index in [1.807, 2.05) is 41.3 Å². The Morgan fingerprint density at radius 2 is 1.96 bits per heavy atom. The van der Waals surface area contributed by atoms with Gasteiger partial charge in [-0.05, 0) is 48.2 Å². The van der Waals surface area contributed by atoms with Crippen molar-refractivity contribution in [2.75, 3.05) is 20.2 Å². The smallest absolute Gasteiger partial charge is 0.253 e. The number of carbonyl (C=O) groups excluding carboxylic acids is 1. The number of methoxy groups -OCH3 is 1. The molecule has 0 aliphatic carbocycles. The minimum absolute atomic E-state index is 0.0938. The van der Waals surface area contributed by atoms with Crippen molar-refractivity contribution in [3.8, 4) is 5.75 Å². The molecule has 2 aromatic carbocycles. The molecular formula is C20H20N2O2. The molecule has 0 spiro atoms. The Morgan fingerprint density at radius 3 is 2.71 bits per heavy atom. The Hall–Kier alpha value is -2.75. The molecule has 1 unspecified atom stereocenters. The predicted octanol–water partition coefficient (Wildman–Crippen LogP) is 3.81. The number of nitrogens with one attached hydrogen (secondary N) is 1. The maximum absolute atomic E-state index is 12.7. The molecule has 3 aromatic rings. The maximum Gasteiger partial charge on any atom is 0.253 e. The molecule has 4 nitrogen and oxygen atoms in total. The summed E-state index contributed by atoms with van der Waals surface area (Å²) >= 11 is 0. The third kappa shape index (κ3) is 2.64. The number of hydrogen-bond donors (Lipinski definition) is 1. The number of para-hydroxylation sites is 1. The zero-order valence-electron chi connectivity index (χ0n) is 13.7. The largest absolute Gasteiger partial charge is 0.497 e. The van der Waals surface area contributed by atoms with Crippen LogP contribution in [0.15, 0.2) is 54.6 Å². The fourth-order valence-electron chi connectivity index (χ4n) is 3.43. The predicted molar refractivity (Wildman–Crippen MR) is 94.6 cm³/mol. The van der Waals surface area contributed by atoms with Gasteiger partial charge in [0.25, 0.3) is 5.91 Å². The Labute approximate surface area is 141 Å². The number of aromatic amines is 1. The summed E-state index contributed by atoms with van der Waals surface area (Å²) in [6, 6.07) is 17.8.